The Morgan fingerprint density at radius 3 is 2.90 bits per heavy atom. The molecule has 154 valence electrons. The third kappa shape index (κ3) is 3.21. The topological polar surface area (TPSA) is 134 Å². The van der Waals surface area contributed by atoms with Crippen LogP contribution in [0, 0.1) is 11.3 Å². The van der Waals surface area contributed by atoms with Gasteiger partial charge in [-0.05, 0) is 32.4 Å². The van der Waals surface area contributed by atoms with Crippen LogP contribution in [0.5, 0.6) is 0 Å². The molecule has 0 saturated carbocycles. The average molecular weight is 401 g/mol. The molecule has 2 aromatic heterocycles. The highest BCUT2D eigenvalue weighted by molar-refractivity contribution is 5.69. The minimum atomic E-state index is -1.50. The summed E-state index contributed by atoms with van der Waals surface area (Å²) < 4.78 is 25.2. The number of carbonyl (C=O) groups is 1. The number of hydrogen-bond acceptors (Lipinski definition) is 9. The number of nitrogen functional groups attached to an aromatic ring is 1. The van der Waals surface area contributed by atoms with E-state index in [-0.39, 0.29) is 13.0 Å². The van der Waals surface area contributed by atoms with E-state index in [1.165, 1.54) is 6.33 Å². The predicted octanol–water partition coefficient (Wildman–Crippen LogP) is 1.51. The third-order valence-electron chi connectivity index (χ3n) is 5.12. The highest BCUT2D eigenvalue weighted by Crippen LogP contribution is 2.50. The highest BCUT2D eigenvalue weighted by Gasteiger charge is 2.65. The molecule has 0 bridgehead atoms. The van der Waals surface area contributed by atoms with E-state index in [2.05, 4.69) is 16.2 Å². The number of hydrogen-bond donors (Lipinski definition) is 1. The van der Waals surface area contributed by atoms with Gasteiger partial charge in [0.25, 0.3) is 0 Å². The monoisotopic (exact) mass is 401 g/mol. The molecule has 29 heavy (non-hydrogen) atoms. The third-order valence-corrected chi connectivity index (χ3v) is 5.12. The van der Waals surface area contributed by atoms with Crippen molar-refractivity contribution in [3.05, 3.63) is 24.2 Å². The average Bonchev–Trinajstić information content (AvgIpc) is 3.31. The fourth-order valence-corrected chi connectivity index (χ4v) is 3.85. The van der Waals surface area contributed by atoms with Gasteiger partial charge in [-0.3, -0.25) is 4.79 Å². The zero-order valence-electron chi connectivity index (χ0n) is 16.5. The second-order valence-electron chi connectivity index (χ2n) is 7.67. The molecule has 2 aliphatic heterocycles. The van der Waals surface area contributed by atoms with E-state index in [1.807, 2.05) is 6.92 Å². The van der Waals surface area contributed by atoms with Crippen molar-refractivity contribution in [1.82, 2.24) is 14.6 Å². The van der Waals surface area contributed by atoms with E-state index in [0.29, 0.717) is 23.4 Å². The summed E-state index contributed by atoms with van der Waals surface area (Å²) in [5.41, 5.74) is 5.68. The smallest absolute Gasteiger partial charge is 0.305 e. The van der Waals surface area contributed by atoms with Crippen LogP contribution in [0.3, 0.4) is 0 Å². The minimum absolute atomic E-state index is 0.250. The Labute approximate surface area is 167 Å². The van der Waals surface area contributed by atoms with Crippen molar-refractivity contribution in [1.29, 1.82) is 5.26 Å². The lowest BCUT2D eigenvalue weighted by Crippen LogP contribution is -2.46. The minimum Gasteiger partial charge on any atom is -0.461 e. The summed E-state index contributed by atoms with van der Waals surface area (Å²) in [6.45, 7) is 5.16. The summed E-state index contributed by atoms with van der Waals surface area (Å²) >= 11 is 0. The first kappa shape index (κ1) is 19.6. The van der Waals surface area contributed by atoms with Gasteiger partial charge in [0.2, 0.25) is 5.60 Å². The maximum atomic E-state index is 11.9. The summed E-state index contributed by atoms with van der Waals surface area (Å²) in [5.74, 6) is -0.990. The Kier molecular flexibility index (Phi) is 4.69. The largest absolute Gasteiger partial charge is 0.461 e. The van der Waals surface area contributed by atoms with Crippen molar-refractivity contribution in [2.45, 2.75) is 63.3 Å². The van der Waals surface area contributed by atoms with Gasteiger partial charge in [0.05, 0.1) is 5.69 Å². The molecule has 4 heterocycles. The van der Waals surface area contributed by atoms with Crippen molar-refractivity contribution in [2.24, 2.45) is 0 Å². The lowest BCUT2D eigenvalue weighted by molar-refractivity contribution is -0.208. The number of esters is 1. The van der Waals surface area contributed by atoms with Crippen molar-refractivity contribution in [3.8, 4) is 6.07 Å². The SMILES string of the molecule is CCCC(=O)OC[C@@]1(C#N)O[C@@H](c2ccc3c(N)ncnn23)[C@@H]2OC(C)(C)O[C@@H]21. The van der Waals surface area contributed by atoms with Crippen LogP contribution in [0.1, 0.15) is 45.4 Å². The standard InChI is InChI=1S/C19H23N5O5/c1-4-5-13(25)26-9-19(8-20)16-15(27-18(2,3)29-16)14(28-19)11-6-7-12-17(21)22-10-23-24(11)12/h6-7,10,14-16H,4-5,9H2,1-3H3,(H2,21,22,23)/t14-,15-,16-,19+/m0/s1. The molecular formula is C19H23N5O5. The molecule has 0 radical (unpaired) electrons. The van der Waals surface area contributed by atoms with E-state index >= 15 is 0 Å². The molecule has 0 unspecified atom stereocenters. The first-order valence-electron chi connectivity index (χ1n) is 9.48. The fraction of sp³-hybridized carbons (Fsp3) is 0.579. The second-order valence-corrected chi connectivity index (χ2v) is 7.67. The number of nitriles is 1. The van der Waals surface area contributed by atoms with Crippen LogP contribution >= 0.6 is 0 Å². The first-order chi connectivity index (χ1) is 13.8. The molecule has 2 aromatic rings. The van der Waals surface area contributed by atoms with Crippen molar-refractivity contribution in [2.75, 3.05) is 12.3 Å². The lowest BCUT2D eigenvalue weighted by Gasteiger charge is -2.28. The number of nitrogens with two attached hydrogens (primary N) is 1. The Balaban J connectivity index is 1.71. The molecule has 10 heteroatoms. The lowest BCUT2D eigenvalue weighted by atomic mass is 9.96. The van der Waals surface area contributed by atoms with Gasteiger partial charge in [0.1, 0.15) is 42.8 Å². The van der Waals surface area contributed by atoms with Crippen molar-refractivity contribution >= 4 is 17.3 Å². The van der Waals surface area contributed by atoms with E-state index in [1.54, 1.807) is 30.5 Å². The molecule has 0 spiro atoms. The Bertz CT molecular complexity index is 983. The molecule has 0 aliphatic carbocycles. The quantitative estimate of drug-likeness (QED) is 0.740. The zero-order chi connectivity index (χ0) is 20.8. The van der Waals surface area contributed by atoms with Crippen molar-refractivity contribution < 1.29 is 23.7 Å². The molecule has 0 aromatic carbocycles. The maximum absolute atomic E-state index is 11.9. The molecule has 2 saturated heterocycles. The summed E-state index contributed by atoms with van der Waals surface area (Å²) in [6.07, 6.45) is 0.246. The number of fused-ring (bicyclic) bond motifs is 2. The van der Waals surface area contributed by atoms with Crippen molar-refractivity contribution in [3.63, 3.8) is 0 Å². The maximum Gasteiger partial charge on any atom is 0.305 e. The second kappa shape index (κ2) is 6.95. The van der Waals surface area contributed by atoms with Crippen LogP contribution < -0.4 is 5.73 Å². The number of ether oxygens (including phenoxy) is 4. The zero-order valence-corrected chi connectivity index (χ0v) is 16.5. The number of rotatable bonds is 5. The van der Waals surface area contributed by atoms with E-state index in [9.17, 15) is 10.1 Å². The molecule has 4 rings (SSSR count). The predicted molar refractivity (Wildman–Crippen MR) is 99.3 cm³/mol. The Morgan fingerprint density at radius 2 is 2.17 bits per heavy atom. The molecule has 10 nitrogen and oxygen atoms in total. The number of anilines is 1. The van der Waals surface area contributed by atoms with Gasteiger partial charge in [0, 0.05) is 6.42 Å². The number of nitrogens with zero attached hydrogens (tertiary/aromatic N) is 4. The van der Waals surface area contributed by atoms with E-state index in [0.717, 1.165) is 0 Å². The van der Waals surface area contributed by atoms with E-state index in [4.69, 9.17) is 24.7 Å². The molecule has 0 amide bonds. The van der Waals surface area contributed by atoms with Gasteiger partial charge < -0.3 is 24.7 Å². The van der Waals surface area contributed by atoms with Crippen LogP contribution in [0.2, 0.25) is 0 Å². The molecule has 4 atom stereocenters. The van der Waals surface area contributed by atoms with Crippen LogP contribution in [-0.4, -0.2) is 50.8 Å². The van der Waals surface area contributed by atoms with Crippen LogP contribution in [0.25, 0.3) is 5.52 Å². The Morgan fingerprint density at radius 1 is 1.38 bits per heavy atom. The number of aromatic nitrogens is 3. The first-order valence-corrected chi connectivity index (χ1v) is 9.48. The Hall–Kier alpha value is -2.74. The van der Waals surface area contributed by atoms with E-state index < -0.39 is 35.7 Å². The van der Waals surface area contributed by atoms with Gasteiger partial charge >= 0.3 is 5.97 Å². The fourth-order valence-electron chi connectivity index (χ4n) is 3.85. The van der Waals surface area contributed by atoms with Gasteiger partial charge in [-0.25, -0.2) is 9.50 Å². The summed E-state index contributed by atoms with van der Waals surface area (Å²) in [5, 5.41) is 14.2. The van der Waals surface area contributed by atoms with Crippen LogP contribution in [0.15, 0.2) is 18.5 Å². The summed E-state index contributed by atoms with van der Waals surface area (Å²) in [6, 6.07) is 5.74. The molecule has 2 N–H and O–H groups in total. The molecule has 2 fully saturated rings. The normalized spacial score (nSPS) is 30.2. The van der Waals surface area contributed by atoms with Gasteiger partial charge in [-0.15, -0.1) is 0 Å². The summed E-state index contributed by atoms with van der Waals surface area (Å²) in [7, 11) is 0. The molecule has 2 aliphatic rings. The number of carbonyl (C=O) groups excluding carboxylic acids is 1. The summed E-state index contributed by atoms with van der Waals surface area (Å²) in [4.78, 5) is 15.9. The van der Waals surface area contributed by atoms with Gasteiger partial charge in [-0.2, -0.15) is 10.4 Å². The van der Waals surface area contributed by atoms with Gasteiger partial charge in [-0.1, -0.05) is 6.92 Å². The van der Waals surface area contributed by atoms with Crippen LogP contribution in [0.4, 0.5) is 5.82 Å². The van der Waals surface area contributed by atoms with Gasteiger partial charge in [0.15, 0.2) is 11.6 Å². The van der Waals surface area contributed by atoms with Crippen LogP contribution in [-0.2, 0) is 23.7 Å². The molecular weight excluding hydrogens is 378 g/mol. The highest BCUT2D eigenvalue weighted by atomic mass is 16.8.